The lowest BCUT2D eigenvalue weighted by molar-refractivity contribution is 0.0382. The molecular weight excluding hydrogens is 410 g/mol. The first-order valence-electron chi connectivity index (χ1n) is 11.5. The highest BCUT2D eigenvalue weighted by atomic mass is 16.5. The predicted molar refractivity (Wildman–Crippen MR) is 123 cm³/mol. The van der Waals surface area contributed by atoms with E-state index in [1.165, 1.54) is 25.7 Å². The molecule has 176 valence electrons. The van der Waals surface area contributed by atoms with Crippen LogP contribution in [-0.2, 0) is 4.74 Å². The minimum absolute atomic E-state index is 0.215. The molecule has 0 saturated heterocycles. The molecule has 1 aliphatic rings. The van der Waals surface area contributed by atoms with E-state index in [4.69, 9.17) is 18.9 Å². The zero-order valence-corrected chi connectivity index (χ0v) is 18.6. The SMILES string of the molecule is Oc1ccc(OCCCNCC(O)COc2ccc(OCCOC3CCCC3)cc2)cc1. The molecule has 1 saturated carbocycles. The van der Waals surface area contributed by atoms with Crippen LogP contribution in [0.25, 0.3) is 0 Å². The van der Waals surface area contributed by atoms with Crippen molar-refractivity contribution in [2.45, 2.75) is 44.3 Å². The smallest absolute Gasteiger partial charge is 0.119 e. The summed E-state index contributed by atoms with van der Waals surface area (Å²) in [6.07, 6.45) is 5.50. The van der Waals surface area contributed by atoms with Gasteiger partial charge in [0.2, 0.25) is 0 Å². The molecule has 7 heteroatoms. The second kappa shape index (κ2) is 13.8. The van der Waals surface area contributed by atoms with Crippen LogP contribution >= 0.6 is 0 Å². The average Bonchev–Trinajstić information content (AvgIpc) is 3.33. The Morgan fingerprint density at radius 2 is 1.41 bits per heavy atom. The lowest BCUT2D eigenvalue weighted by Crippen LogP contribution is -2.32. The van der Waals surface area contributed by atoms with Crippen LogP contribution in [-0.4, -0.2) is 61.9 Å². The highest BCUT2D eigenvalue weighted by Crippen LogP contribution is 2.21. The van der Waals surface area contributed by atoms with Crippen molar-refractivity contribution in [2.75, 3.05) is 39.5 Å². The molecule has 7 nitrogen and oxygen atoms in total. The second-order valence-electron chi connectivity index (χ2n) is 7.96. The topological polar surface area (TPSA) is 89.4 Å². The Labute approximate surface area is 190 Å². The van der Waals surface area contributed by atoms with E-state index in [2.05, 4.69) is 5.32 Å². The van der Waals surface area contributed by atoms with E-state index in [9.17, 15) is 10.2 Å². The second-order valence-corrected chi connectivity index (χ2v) is 7.96. The average molecular weight is 446 g/mol. The first kappa shape index (κ1) is 24.2. The zero-order chi connectivity index (χ0) is 22.4. The van der Waals surface area contributed by atoms with Gasteiger partial charge in [0, 0.05) is 6.54 Å². The van der Waals surface area contributed by atoms with Gasteiger partial charge in [-0.05, 0) is 74.3 Å². The summed E-state index contributed by atoms with van der Waals surface area (Å²) in [6.45, 7) is 3.11. The number of benzene rings is 2. The fourth-order valence-electron chi connectivity index (χ4n) is 3.51. The Morgan fingerprint density at radius 1 is 0.812 bits per heavy atom. The summed E-state index contributed by atoms with van der Waals surface area (Å²) in [6, 6.07) is 14.1. The van der Waals surface area contributed by atoms with Crippen molar-refractivity contribution >= 4 is 0 Å². The van der Waals surface area contributed by atoms with Crippen LogP contribution in [0.2, 0.25) is 0 Å². The molecule has 0 bridgehead atoms. The standard InChI is InChI=1S/C25H35NO6/c27-20-6-8-23(9-7-20)29-15-3-14-26-18-21(28)19-32-25-12-10-24(11-13-25)31-17-16-30-22-4-1-2-5-22/h6-13,21-22,26-28H,1-5,14-19H2. The van der Waals surface area contributed by atoms with Crippen LogP contribution < -0.4 is 19.5 Å². The predicted octanol–water partition coefficient (Wildman–Crippen LogP) is 3.53. The molecule has 0 amide bonds. The minimum atomic E-state index is -0.600. The van der Waals surface area contributed by atoms with E-state index in [1.54, 1.807) is 24.3 Å². The van der Waals surface area contributed by atoms with E-state index in [0.717, 1.165) is 24.5 Å². The summed E-state index contributed by atoms with van der Waals surface area (Å²) in [5.41, 5.74) is 0. The third-order valence-corrected chi connectivity index (χ3v) is 5.26. The maximum absolute atomic E-state index is 10.1. The van der Waals surface area contributed by atoms with Gasteiger partial charge in [-0.15, -0.1) is 0 Å². The molecular formula is C25H35NO6. The Bertz CT molecular complexity index is 746. The van der Waals surface area contributed by atoms with Crippen molar-refractivity contribution < 1.29 is 29.2 Å². The number of aromatic hydroxyl groups is 1. The van der Waals surface area contributed by atoms with Crippen LogP contribution in [0, 0.1) is 0 Å². The molecule has 32 heavy (non-hydrogen) atoms. The van der Waals surface area contributed by atoms with Gasteiger partial charge < -0.3 is 34.5 Å². The first-order chi connectivity index (χ1) is 15.7. The molecule has 0 radical (unpaired) electrons. The molecule has 0 spiro atoms. The van der Waals surface area contributed by atoms with E-state index >= 15 is 0 Å². The highest BCUT2D eigenvalue weighted by molar-refractivity contribution is 5.31. The van der Waals surface area contributed by atoms with Crippen LogP contribution in [0.5, 0.6) is 23.0 Å². The van der Waals surface area contributed by atoms with Gasteiger partial charge in [-0.2, -0.15) is 0 Å². The maximum atomic E-state index is 10.1. The van der Waals surface area contributed by atoms with Crippen molar-refractivity contribution in [3.63, 3.8) is 0 Å². The number of hydrogen-bond acceptors (Lipinski definition) is 7. The maximum Gasteiger partial charge on any atom is 0.119 e. The van der Waals surface area contributed by atoms with Crippen LogP contribution in [0.1, 0.15) is 32.1 Å². The molecule has 3 rings (SSSR count). The number of aliphatic hydroxyl groups excluding tert-OH is 1. The van der Waals surface area contributed by atoms with Gasteiger partial charge in [-0.1, -0.05) is 12.8 Å². The highest BCUT2D eigenvalue weighted by Gasteiger charge is 2.14. The quantitative estimate of drug-likeness (QED) is 0.361. The number of phenolic OH excluding ortho intramolecular Hbond substituents is 1. The van der Waals surface area contributed by atoms with Crippen molar-refractivity contribution in [3.8, 4) is 23.0 Å². The molecule has 1 atom stereocenters. The lowest BCUT2D eigenvalue weighted by Gasteiger charge is -2.14. The molecule has 1 aliphatic carbocycles. The third-order valence-electron chi connectivity index (χ3n) is 5.26. The normalized spacial score (nSPS) is 14.9. The van der Waals surface area contributed by atoms with E-state index < -0.39 is 6.10 Å². The summed E-state index contributed by atoms with van der Waals surface area (Å²) in [5.74, 6) is 2.43. The summed E-state index contributed by atoms with van der Waals surface area (Å²) in [4.78, 5) is 0. The van der Waals surface area contributed by atoms with Crippen LogP contribution in [0.15, 0.2) is 48.5 Å². The Hall–Kier alpha value is -2.48. The van der Waals surface area contributed by atoms with Crippen LogP contribution in [0.4, 0.5) is 0 Å². The van der Waals surface area contributed by atoms with Gasteiger partial charge in [0.05, 0.1) is 19.3 Å². The molecule has 1 fully saturated rings. The van der Waals surface area contributed by atoms with Crippen molar-refractivity contribution in [1.29, 1.82) is 0 Å². The fraction of sp³-hybridized carbons (Fsp3) is 0.520. The first-order valence-corrected chi connectivity index (χ1v) is 11.5. The monoisotopic (exact) mass is 445 g/mol. The van der Waals surface area contributed by atoms with E-state index in [-0.39, 0.29) is 12.4 Å². The number of nitrogens with one attached hydrogen (secondary N) is 1. The van der Waals surface area contributed by atoms with Gasteiger partial charge >= 0.3 is 0 Å². The van der Waals surface area contributed by atoms with Crippen LogP contribution in [0.3, 0.4) is 0 Å². The molecule has 3 N–H and O–H groups in total. The van der Waals surface area contributed by atoms with Gasteiger partial charge in [0.25, 0.3) is 0 Å². The van der Waals surface area contributed by atoms with Gasteiger partial charge in [-0.25, -0.2) is 0 Å². The van der Waals surface area contributed by atoms with Crippen molar-refractivity contribution in [2.24, 2.45) is 0 Å². The summed E-state index contributed by atoms with van der Waals surface area (Å²) < 4.78 is 22.7. The Kier molecular flexibility index (Phi) is 10.4. The van der Waals surface area contributed by atoms with E-state index in [1.807, 2.05) is 24.3 Å². The van der Waals surface area contributed by atoms with Gasteiger partial charge in [0.1, 0.15) is 42.3 Å². The summed E-state index contributed by atoms with van der Waals surface area (Å²) in [5, 5.41) is 22.5. The number of hydrogen-bond donors (Lipinski definition) is 3. The molecule has 2 aromatic carbocycles. The zero-order valence-electron chi connectivity index (χ0n) is 18.6. The molecule has 0 aliphatic heterocycles. The number of ether oxygens (including phenoxy) is 4. The number of phenols is 1. The number of rotatable bonds is 15. The lowest BCUT2D eigenvalue weighted by atomic mass is 10.3. The number of aliphatic hydroxyl groups is 1. The van der Waals surface area contributed by atoms with Crippen molar-refractivity contribution in [3.05, 3.63) is 48.5 Å². The molecule has 0 heterocycles. The molecule has 2 aromatic rings. The largest absolute Gasteiger partial charge is 0.508 e. The summed E-state index contributed by atoms with van der Waals surface area (Å²) >= 11 is 0. The van der Waals surface area contributed by atoms with Gasteiger partial charge in [-0.3, -0.25) is 0 Å². The molecule has 1 unspecified atom stereocenters. The Morgan fingerprint density at radius 3 is 2.09 bits per heavy atom. The van der Waals surface area contributed by atoms with E-state index in [0.29, 0.717) is 38.2 Å². The fourth-order valence-corrected chi connectivity index (χ4v) is 3.51. The van der Waals surface area contributed by atoms with Gasteiger partial charge in [0.15, 0.2) is 0 Å². The minimum Gasteiger partial charge on any atom is -0.508 e. The van der Waals surface area contributed by atoms with Crippen molar-refractivity contribution in [1.82, 2.24) is 5.32 Å². The third kappa shape index (κ3) is 9.34. The summed E-state index contributed by atoms with van der Waals surface area (Å²) in [7, 11) is 0. The Balaban J connectivity index is 1.19. The molecule has 0 aromatic heterocycles.